The number of alkyl halides is 3. The number of pyridine rings is 1. The molecule has 0 unspecified atom stereocenters. The second-order valence-corrected chi connectivity index (χ2v) is 2.90. The Balaban J connectivity index is 2.90. The maximum atomic E-state index is 12.7. The fourth-order valence-corrected chi connectivity index (χ4v) is 0.890. The third-order valence-electron chi connectivity index (χ3n) is 0.986. The Labute approximate surface area is 78.7 Å². The van der Waals surface area contributed by atoms with E-state index in [0.29, 0.717) is 0 Å². The van der Waals surface area contributed by atoms with Crippen molar-refractivity contribution >= 4 is 15.9 Å². The van der Waals surface area contributed by atoms with Gasteiger partial charge in [0.2, 0.25) is 0 Å². The van der Waals surface area contributed by atoms with Gasteiger partial charge in [-0.25, -0.2) is 9.37 Å². The largest absolute Gasteiger partial charge is 0.574 e. The molecule has 0 bridgehead atoms. The average molecular weight is 260 g/mol. The van der Waals surface area contributed by atoms with E-state index in [9.17, 15) is 17.6 Å². The van der Waals surface area contributed by atoms with Crippen LogP contribution in [0.3, 0.4) is 0 Å². The predicted molar refractivity (Wildman–Crippen MR) is 38.6 cm³/mol. The third-order valence-corrected chi connectivity index (χ3v) is 1.42. The van der Waals surface area contributed by atoms with Gasteiger partial charge in [0, 0.05) is 10.7 Å². The molecule has 0 aliphatic carbocycles. The van der Waals surface area contributed by atoms with E-state index < -0.39 is 18.1 Å². The van der Waals surface area contributed by atoms with Crippen molar-refractivity contribution in [1.29, 1.82) is 0 Å². The molecule has 1 aromatic heterocycles. The summed E-state index contributed by atoms with van der Waals surface area (Å²) in [6.07, 6.45) is -3.92. The normalized spacial score (nSPS) is 11.5. The number of halogens is 5. The van der Waals surface area contributed by atoms with E-state index in [1.807, 2.05) is 0 Å². The number of ether oxygens (including phenoxy) is 1. The highest BCUT2D eigenvalue weighted by molar-refractivity contribution is 9.10. The summed E-state index contributed by atoms with van der Waals surface area (Å²) in [6.45, 7) is 0. The zero-order chi connectivity index (χ0) is 10.1. The lowest BCUT2D eigenvalue weighted by Crippen LogP contribution is -2.18. The summed E-state index contributed by atoms with van der Waals surface area (Å²) in [5.74, 6) is -2.26. The van der Waals surface area contributed by atoms with Gasteiger partial charge in [0.15, 0.2) is 5.82 Å². The number of nitrogens with zero attached hydrogens (tertiary/aromatic N) is 1. The molecule has 72 valence electrons. The van der Waals surface area contributed by atoms with Crippen molar-refractivity contribution in [2.45, 2.75) is 6.36 Å². The monoisotopic (exact) mass is 259 g/mol. The topological polar surface area (TPSA) is 22.1 Å². The van der Waals surface area contributed by atoms with E-state index in [-0.39, 0.29) is 4.47 Å². The number of hydrogen-bond acceptors (Lipinski definition) is 2. The summed E-state index contributed by atoms with van der Waals surface area (Å²) >= 11 is 2.84. The molecule has 13 heavy (non-hydrogen) atoms. The Morgan fingerprint density at radius 1 is 1.38 bits per heavy atom. The lowest BCUT2D eigenvalue weighted by molar-refractivity contribution is -0.277. The lowest BCUT2D eigenvalue weighted by Gasteiger charge is -2.07. The van der Waals surface area contributed by atoms with Gasteiger partial charge in [0.1, 0.15) is 0 Å². The molecule has 0 saturated carbocycles. The summed E-state index contributed by atoms with van der Waals surface area (Å²) in [4.78, 5) is 3.10. The third kappa shape index (κ3) is 3.17. The number of rotatable bonds is 1. The van der Waals surface area contributed by atoms with Gasteiger partial charge in [0.25, 0.3) is 5.88 Å². The van der Waals surface area contributed by atoms with Crippen LogP contribution in [0, 0.1) is 5.82 Å². The molecule has 0 atom stereocenters. The zero-order valence-corrected chi connectivity index (χ0v) is 7.49. The van der Waals surface area contributed by atoms with Crippen LogP contribution in [-0.4, -0.2) is 11.3 Å². The molecule has 0 aliphatic rings. The smallest absolute Gasteiger partial charge is 0.385 e. The van der Waals surface area contributed by atoms with E-state index in [1.54, 1.807) is 0 Å². The van der Waals surface area contributed by atoms with Crippen molar-refractivity contribution in [3.8, 4) is 5.88 Å². The number of aromatic nitrogens is 1. The highest BCUT2D eigenvalue weighted by Gasteiger charge is 2.33. The van der Waals surface area contributed by atoms with Crippen molar-refractivity contribution in [3.63, 3.8) is 0 Å². The first-order valence-electron chi connectivity index (χ1n) is 2.95. The van der Waals surface area contributed by atoms with Crippen LogP contribution in [0.1, 0.15) is 0 Å². The maximum Gasteiger partial charge on any atom is 0.574 e. The summed E-state index contributed by atoms with van der Waals surface area (Å²) < 4.78 is 50.9. The Hall–Kier alpha value is -0.850. The van der Waals surface area contributed by atoms with E-state index in [4.69, 9.17) is 0 Å². The number of hydrogen-bond donors (Lipinski definition) is 0. The van der Waals surface area contributed by atoms with Gasteiger partial charge in [0.05, 0.1) is 0 Å². The van der Waals surface area contributed by atoms with E-state index in [1.165, 1.54) is 0 Å². The molecule has 0 saturated heterocycles. The molecular weight excluding hydrogens is 258 g/mol. The van der Waals surface area contributed by atoms with Gasteiger partial charge in [-0.15, -0.1) is 13.2 Å². The van der Waals surface area contributed by atoms with Crippen LogP contribution >= 0.6 is 15.9 Å². The molecule has 0 spiro atoms. The Morgan fingerprint density at radius 2 is 2.00 bits per heavy atom. The van der Waals surface area contributed by atoms with Gasteiger partial charge in [-0.05, 0) is 22.0 Å². The maximum absolute atomic E-state index is 12.7. The molecule has 7 heteroatoms. The van der Waals surface area contributed by atoms with Crippen molar-refractivity contribution in [2.75, 3.05) is 0 Å². The van der Waals surface area contributed by atoms with E-state index in [2.05, 4.69) is 25.7 Å². The fourth-order valence-electron chi connectivity index (χ4n) is 0.587. The molecule has 1 aromatic rings. The summed E-state index contributed by atoms with van der Waals surface area (Å²) in [6, 6.07) is 0.827. The highest BCUT2D eigenvalue weighted by atomic mass is 79.9. The minimum atomic E-state index is -4.93. The van der Waals surface area contributed by atoms with Crippen LogP contribution in [0.15, 0.2) is 16.7 Å². The van der Waals surface area contributed by atoms with Crippen LogP contribution < -0.4 is 4.74 Å². The van der Waals surface area contributed by atoms with Gasteiger partial charge in [-0.2, -0.15) is 0 Å². The lowest BCUT2D eigenvalue weighted by atomic mass is 10.5. The Kier molecular flexibility index (Phi) is 2.74. The molecular formula is C6H2BrF4NO. The quantitative estimate of drug-likeness (QED) is 0.724. The summed E-state index contributed by atoms with van der Waals surface area (Å²) in [5.41, 5.74) is 0. The zero-order valence-electron chi connectivity index (χ0n) is 5.90. The first-order chi connectivity index (χ1) is 5.88. The first-order valence-corrected chi connectivity index (χ1v) is 3.74. The van der Waals surface area contributed by atoms with Crippen molar-refractivity contribution in [3.05, 3.63) is 22.6 Å². The first kappa shape index (κ1) is 10.2. The van der Waals surface area contributed by atoms with Crippen molar-refractivity contribution in [1.82, 2.24) is 4.98 Å². The minimum Gasteiger partial charge on any atom is -0.385 e. The molecule has 1 rings (SSSR count). The van der Waals surface area contributed by atoms with Gasteiger partial charge < -0.3 is 4.74 Å². The van der Waals surface area contributed by atoms with Crippen LogP contribution in [0.25, 0.3) is 0 Å². The molecule has 0 N–H and O–H groups in total. The fraction of sp³-hybridized carbons (Fsp3) is 0.167. The van der Waals surface area contributed by atoms with Crippen molar-refractivity contribution in [2.24, 2.45) is 0 Å². The SMILES string of the molecule is Fc1cc(Br)cnc1OC(F)(F)F. The second kappa shape index (κ2) is 3.49. The molecule has 0 amide bonds. The minimum absolute atomic E-state index is 0.236. The second-order valence-electron chi connectivity index (χ2n) is 1.99. The molecule has 0 aromatic carbocycles. The standard InChI is InChI=1S/C6H2BrF4NO/c7-3-1-4(8)5(12-2-3)13-6(9,10)11/h1-2H. The predicted octanol–water partition coefficient (Wildman–Crippen LogP) is 2.88. The highest BCUT2D eigenvalue weighted by Crippen LogP contribution is 2.24. The molecule has 2 nitrogen and oxygen atoms in total. The molecule has 0 radical (unpaired) electrons. The van der Waals surface area contributed by atoms with E-state index in [0.717, 1.165) is 12.3 Å². The summed E-state index contributed by atoms with van der Waals surface area (Å²) in [5, 5.41) is 0. The van der Waals surface area contributed by atoms with Gasteiger partial charge >= 0.3 is 6.36 Å². The van der Waals surface area contributed by atoms with Crippen molar-refractivity contribution < 1.29 is 22.3 Å². The Bertz CT molecular complexity index is 314. The molecule has 0 aliphatic heterocycles. The molecule has 0 fully saturated rings. The van der Waals surface area contributed by atoms with Crippen LogP contribution in [0.4, 0.5) is 17.6 Å². The van der Waals surface area contributed by atoms with Crippen LogP contribution in [0.5, 0.6) is 5.88 Å². The van der Waals surface area contributed by atoms with Gasteiger partial charge in [-0.3, -0.25) is 0 Å². The van der Waals surface area contributed by atoms with E-state index >= 15 is 0 Å². The van der Waals surface area contributed by atoms with Crippen LogP contribution in [0.2, 0.25) is 0 Å². The average Bonchev–Trinajstić information content (AvgIpc) is 1.93. The van der Waals surface area contributed by atoms with Gasteiger partial charge in [-0.1, -0.05) is 0 Å². The molecule has 1 heterocycles. The Morgan fingerprint density at radius 3 is 2.46 bits per heavy atom. The van der Waals surface area contributed by atoms with Crippen LogP contribution in [-0.2, 0) is 0 Å². The summed E-state index contributed by atoms with van der Waals surface area (Å²) in [7, 11) is 0.